The van der Waals surface area contributed by atoms with Gasteiger partial charge in [0.2, 0.25) is 0 Å². The van der Waals surface area contributed by atoms with Gasteiger partial charge < -0.3 is 15.2 Å². The Hall–Kier alpha value is -2.32. The number of carbonyl (C=O) groups is 1. The van der Waals surface area contributed by atoms with Crippen LogP contribution in [0.25, 0.3) is 5.82 Å². The summed E-state index contributed by atoms with van der Waals surface area (Å²) < 4.78 is 6.63. The first-order valence-electron chi connectivity index (χ1n) is 6.56. The average Bonchev–Trinajstić information content (AvgIpc) is 3.17. The largest absolute Gasteiger partial charge is 0.386 e. The van der Waals surface area contributed by atoms with Crippen LogP contribution < -0.4 is 5.32 Å². The van der Waals surface area contributed by atoms with Crippen molar-refractivity contribution in [3.8, 4) is 5.82 Å². The Balaban J connectivity index is 1.62. The van der Waals surface area contributed by atoms with Crippen molar-refractivity contribution in [3.05, 3.63) is 36.5 Å². The molecule has 3 heterocycles. The Morgan fingerprint density at radius 2 is 2.43 bits per heavy atom. The minimum absolute atomic E-state index is 0.163. The lowest BCUT2D eigenvalue weighted by molar-refractivity contribution is 0.0264. The van der Waals surface area contributed by atoms with Crippen LogP contribution in [0.3, 0.4) is 0 Å². The number of hydrogen-bond donors (Lipinski definition) is 2. The Kier molecular flexibility index (Phi) is 3.63. The van der Waals surface area contributed by atoms with E-state index >= 15 is 0 Å². The van der Waals surface area contributed by atoms with Gasteiger partial charge in [0, 0.05) is 25.8 Å². The monoisotopic (exact) mass is 289 g/mol. The zero-order valence-electron chi connectivity index (χ0n) is 11.3. The normalized spacial score (nSPS) is 21.4. The highest BCUT2D eigenvalue weighted by Gasteiger charge is 2.32. The number of hydrogen-bond acceptors (Lipinski definition) is 6. The average molecular weight is 289 g/mol. The third-order valence-corrected chi connectivity index (χ3v) is 3.32. The van der Waals surface area contributed by atoms with E-state index in [0.29, 0.717) is 24.4 Å². The maximum Gasteiger partial charge on any atom is 0.252 e. The van der Waals surface area contributed by atoms with Gasteiger partial charge in [0.1, 0.15) is 18.3 Å². The number of aliphatic hydroxyl groups is 1. The van der Waals surface area contributed by atoms with Gasteiger partial charge in [-0.15, -0.1) is 0 Å². The maximum atomic E-state index is 12.0. The van der Waals surface area contributed by atoms with E-state index in [2.05, 4.69) is 20.4 Å². The van der Waals surface area contributed by atoms with Crippen LogP contribution in [0, 0.1) is 0 Å². The zero-order chi connectivity index (χ0) is 14.7. The van der Waals surface area contributed by atoms with Crippen LogP contribution >= 0.6 is 0 Å². The molecular weight excluding hydrogens is 274 g/mol. The quantitative estimate of drug-likeness (QED) is 0.790. The van der Waals surface area contributed by atoms with Gasteiger partial charge >= 0.3 is 0 Å². The Labute approximate surface area is 120 Å². The Bertz CT molecular complexity index is 605. The molecule has 0 radical (unpaired) electrons. The predicted octanol–water partition coefficient (Wildman–Crippen LogP) is -0.457. The molecule has 0 aliphatic carbocycles. The third kappa shape index (κ3) is 3.06. The zero-order valence-corrected chi connectivity index (χ0v) is 11.3. The summed E-state index contributed by atoms with van der Waals surface area (Å²) in [6, 6.07) is 3.32. The number of ether oxygens (including phenoxy) is 1. The number of pyridine rings is 1. The lowest BCUT2D eigenvalue weighted by Gasteiger charge is -2.20. The fraction of sp³-hybridized carbons (Fsp3) is 0.385. The topological polar surface area (TPSA) is 102 Å². The van der Waals surface area contributed by atoms with Crippen molar-refractivity contribution in [3.63, 3.8) is 0 Å². The second-order valence-corrected chi connectivity index (χ2v) is 4.95. The first-order chi connectivity index (χ1) is 10.2. The summed E-state index contributed by atoms with van der Waals surface area (Å²) in [4.78, 5) is 20.0. The van der Waals surface area contributed by atoms with Crippen LogP contribution in [-0.2, 0) is 4.74 Å². The van der Waals surface area contributed by atoms with Crippen molar-refractivity contribution < 1.29 is 14.6 Å². The van der Waals surface area contributed by atoms with Crippen molar-refractivity contribution >= 4 is 5.91 Å². The van der Waals surface area contributed by atoms with Gasteiger partial charge in [0.25, 0.3) is 5.91 Å². The van der Waals surface area contributed by atoms with Gasteiger partial charge in [-0.25, -0.2) is 14.6 Å². The molecule has 0 spiro atoms. The minimum Gasteiger partial charge on any atom is -0.386 e. The number of nitrogens with one attached hydrogen (secondary N) is 1. The van der Waals surface area contributed by atoms with Crippen LogP contribution in [0.2, 0.25) is 0 Å². The highest BCUT2D eigenvalue weighted by molar-refractivity contribution is 5.93. The van der Waals surface area contributed by atoms with Crippen molar-refractivity contribution in [2.45, 2.75) is 12.0 Å². The molecule has 1 atom stereocenters. The standard InChI is InChI=1S/C13H15N5O3/c19-12(16-6-13(20)3-4-21-7-13)10-1-2-11(15-5-10)18-9-14-8-17-18/h1-2,5,8-9,20H,3-4,6-7H2,(H,16,19). The summed E-state index contributed by atoms with van der Waals surface area (Å²) in [5.41, 5.74) is -0.551. The lowest BCUT2D eigenvalue weighted by atomic mass is 10.0. The molecule has 1 fully saturated rings. The second kappa shape index (κ2) is 5.58. The van der Waals surface area contributed by atoms with Gasteiger partial charge in [-0.3, -0.25) is 4.79 Å². The summed E-state index contributed by atoms with van der Waals surface area (Å²) in [7, 11) is 0. The smallest absolute Gasteiger partial charge is 0.252 e. The van der Waals surface area contributed by atoms with Gasteiger partial charge in [0.05, 0.1) is 12.2 Å². The number of rotatable bonds is 4. The minimum atomic E-state index is -0.968. The van der Waals surface area contributed by atoms with Crippen LogP contribution in [0.15, 0.2) is 31.0 Å². The Morgan fingerprint density at radius 3 is 3.05 bits per heavy atom. The SMILES string of the molecule is O=C(NCC1(O)CCOC1)c1ccc(-n2cncn2)nc1. The molecule has 8 nitrogen and oxygen atoms in total. The van der Waals surface area contributed by atoms with Crippen LogP contribution in [0.4, 0.5) is 0 Å². The van der Waals surface area contributed by atoms with Crippen molar-refractivity contribution in [1.82, 2.24) is 25.1 Å². The highest BCUT2D eigenvalue weighted by Crippen LogP contribution is 2.17. The van der Waals surface area contributed by atoms with Crippen LogP contribution in [0.5, 0.6) is 0 Å². The highest BCUT2D eigenvalue weighted by atomic mass is 16.5. The molecule has 2 aromatic rings. The molecule has 0 bridgehead atoms. The second-order valence-electron chi connectivity index (χ2n) is 4.95. The molecule has 1 aliphatic heterocycles. The maximum absolute atomic E-state index is 12.0. The first kappa shape index (κ1) is 13.7. The molecule has 0 saturated carbocycles. The predicted molar refractivity (Wildman–Crippen MR) is 71.9 cm³/mol. The summed E-state index contributed by atoms with van der Waals surface area (Å²) in [5, 5.41) is 16.7. The molecule has 1 saturated heterocycles. The molecule has 110 valence electrons. The lowest BCUT2D eigenvalue weighted by Crippen LogP contribution is -2.43. The fourth-order valence-corrected chi connectivity index (χ4v) is 2.07. The molecule has 8 heteroatoms. The van der Waals surface area contributed by atoms with E-state index in [1.807, 2.05) is 0 Å². The van der Waals surface area contributed by atoms with E-state index in [9.17, 15) is 9.90 Å². The van der Waals surface area contributed by atoms with E-state index in [1.54, 1.807) is 12.1 Å². The molecule has 21 heavy (non-hydrogen) atoms. The third-order valence-electron chi connectivity index (χ3n) is 3.32. The van der Waals surface area contributed by atoms with Crippen LogP contribution in [-0.4, -0.2) is 56.1 Å². The summed E-state index contributed by atoms with van der Waals surface area (Å²) in [6.45, 7) is 0.925. The fourth-order valence-electron chi connectivity index (χ4n) is 2.07. The molecule has 0 aromatic carbocycles. The molecule has 2 aromatic heterocycles. The van der Waals surface area contributed by atoms with E-state index in [4.69, 9.17) is 4.74 Å². The molecule has 1 aliphatic rings. The van der Waals surface area contributed by atoms with Gasteiger partial charge in [0.15, 0.2) is 5.82 Å². The molecule has 3 rings (SSSR count). The van der Waals surface area contributed by atoms with Gasteiger partial charge in [-0.2, -0.15) is 5.10 Å². The summed E-state index contributed by atoms with van der Waals surface area (Å²) in [5.74, 6) is 0.292. The van der Waals surface area contributed by atoms with Crippen molar-refractivity contribution in [1.29, 1.82) is 0 Å². The molecule has 2 N–H and O–H groups in total. The van der Waals surface area contributed by atoms with E-state index in [-0.39, 0.29) is 19.1 Å². The number of amides is 1. The summed E-state index contributed by atoms with van der Waals surface area (Å²) in [6.07, 6.45) is 4.92. The molecule has 1 unspecified atom stereocenters. The number of nitrogens with zero attached hydrogens (tertiary/aromatic N) is 4. The van der Waals surface area contributed by atoms with Crippen molar-refractivity contribution in [2.75, 3.05) is 19.8 Å². The van der Waals surface area contributed by atoms with Gasteiger partial charge in [-0.05, 0) is 12.1 Å². The van der Waals surface area contributed by atoms with E-state index < -0.39 is 5.60 Å². The number of aromatic nitrogens is 4. The summed E-state index contributed by atoms with van der Waals surface area (Å²) >= 11 is 0. The number of carbonyl (C=O) groups excluding carboxylic acids is 1. The van der Waals surface area contributed by atoms with E-state index in [0.717, 1.165) is 0 Å². The van der Waals surface area contributed by atoms with Crippen molar-refractivity contribution in [2.24, 2.45) is 0 Å². The van der Waals surface area contributed by atoms with Gasteiger partial charge in [-0.1, -0.05) is 0 Å². The Morgan fingerprint density at radius 1 is 1.52 bits per heavy atom. The first-order valence-corrected chi connectivity index (χ1v) is 6.56. The molecule has 1 amide bonds. The van der Waals surface area contributed by atoms with Crippen LogP contribution in [0.1, 0.15) is 16.8 Å². The van der Waals surface area contributed by atoms with E-state index in [1.165, 1.54) is 23.5 Å². The molecular formula is C13H15N5O3.